The highest BCUT2D eigenvalue weighted by molar-refractivity contribution is 5.66. The SMILES string of the molecule is C[C@H](CC(=O)[O-])Nc1ccccc1O. The van der Waals surface area contributed by atoms with Crippen LogP contribution in [0.2, 0.25) is 0 Å². The van der Waals surface area contributed by atoms with E-state index in [0.29, 0.717) is 5.69 Å². The lowest BCUT2D eigenvalue weighted by Gasteiger charge is -2.16. The topological polar surface area (TPSA) is 72.4 Å². The van der Waals surface area contributed by atoms with Gasteiger partial charge in [0.25, 0.3) is 0 Å². The minimum absolute atomic E-state index is 0.0890. The third kappa shape index (κ3) is 2.97. The molecule has 0 bridgehead atoms. The molecule has 0 aliphatic carbocycles. The fourth-order valence-electron chi connectivity index (χ4n) is 1.16. The Morgan fingerprint density at radius 2 is 2.21 bits per heavy atom. The molecular formula is C10H12NO3-. The van der Waals surface area contributed by atoms with Crippen molar-refractivity contribution in [1.82, 2.24) is 0 Å². The van der Waals surface area contributed by atoms with Gasteiger partial charge in [-0.1, -0.05) is 12.1 Å². The molecule has 0 aliphatic heterocycles. The summed E-state index contributed by atoms with van der Waals surface area (Å²) in [6, 6.07) is 6.40. The van der Waals surface area contributed by atoms with Crippen molar-refractivity contribution in [1.29, 1.82) is 0 Å². The first-order chi connectivity index (χ1) is 6.59. The number of benzene rings is 1. The van der Waals surface area contributed by atoms with Crippen LogP contribution in [0, 0.1) is 0 Å². The number of aromatic hydroxyl groups is 1. The molecule has 0 aromatic heterocycles. The minimum atomic E-state index is -1.11. The Bertz CT molecular complexity index is 325. The van der Waals surface area contributed by atoms with Crippen LogP contribution in [0.3, 0.4) is 0 Å². The van der Waals surface area contributed by atoms with E-state index in [1.54, 1.807) is 25.1 Å². The van der Waals surface area contributed by atoms with Crippen molar-refractivity contribution in [2.45, 2.75) is 19.4 Å². The van der Waals surface area contributed by atoms with Gasteiger partial charge in [-0.05, 0) is 19.1 Å². The Labute approximate surface area is 82.2 Å². The van der Waals surface area contributed by atoms with Crippen LogP contribution in [0.4, 0.5) is 5.69 Å². The number of para-hydroxylation sites is 2. The standard InChI is InChI=1S/C10H13NO3/c1-7(6-10(13)14)11-8-4-2-3-5-9(8)12/h2-5,7,11-12H,6H2,1H3,(H,13,14)/p-1/t7-/m1/s1. The number of hydrogen-bond acceptors (Lipinski definition) is 4. The number of nitrogens with one attached hydrogen (secondary N) is 1. The molecule has 1 aromatic rings. The number of phenols is 1. The van der Waals surface area contributed by atoms with Crippen molar-refractivity contribution in [3.05, 3.63) is 24.3 Å². The number of phenolic OH excluding ortho intramolecular Hbond substituents is 1. The molecule has 4 nitrogen and oxygen atoms in total. The largest absolute Gasteiger partial charge is 0.550 e. The van der Waals surface area contributed by atoms with Crippen LogP contribution in [0.25, 0.3) is 0 Å². The van der Waals surface area contributed by atoms with E-state index in [1.807, 2.05) is 0 Å². The molecule has 0 unspecified atom stereocenters. The summed E-state index contributed by atoms with van der Waals surface area (Å²) in [4.78, 5) is 10.3. The number of carboxylic acids is 1. The lowest BCUT2D eigenvalue weighted by Crippen LogP contribution is -2.29. The predicted octanol–water partition coefficient (Wildman–Crippen LogP) is 0.333. The van der Waals surface area contributed by atoms with Crippen LogP contribution in [-0.4, -0.2) is 17.1 Å². The van der Waals surface area contributed by atoms with Crippen LogP contribution < -0.4 is 10.4 Å². The van der Waals surface area contributed by atoms with Crippen LogP contribution in [0.1, 0.15) is 13.3 Å². The highest BCUT2D eigenvalue weighted by atomic mass is 16.4. The average molecular weight is 194 g/mol. The van der Waals surface area contributed by atoms with E-state index in [1.165, 1.54) is 6.07 Å². The highest BCUT2D eigenvalue weighted by Gasteiger charge is 2.04. The van der Waals surface area contributed by atoms with Gasteiger partial charge in [0.2, 0.25) is 0 Å². The van der Waals surface area contributed by atoms with E-state index in [-0.39, 0.29) is 18.2 Å². The van der Waals surface area contributed by atoms with Crippen molar-refractivity contribution >= 4 is 11.7 Å². The molecule has 0 radical (unpaired) electrons. The molecule has 0 saturated carbocycles. The zero-order valence-corrected chi connectivity index (χ0v) is 7.86. The van der Waals surface area contributed by atoms with E-state index in [9.17, 15) is 15.0 Å². The first-order valence-electron chi connectivity index (χ1n) is 4.34. The summed E-state index contributed by atoms with van der Waals surface area (Å²) >= 11 is 0. The maximum atomic E-state index is 10.3. The van der Waals surface area contributed by atoms with Crippen molar-refractivity contribution in [2.75, 3.05) is 5.32 Å². The van der Waals surface area contributed by atoms with Crippen LogP contribution in [0.5, 0.6) is 5.75 Å². The number of aliphatic carboxylic acids is 1. The van der Waals surface area contributed by atoms with E-state index in [0.717, 1.165) is 0 Å². The van der Waals surface area contributed by atoms with Crippen LogP contribution in [-0.2, 0) is 4.79 Å². The molecule has 0 aliphatic rings. The second-order valence-corrected chi connectivity index (χ2v) is 3.14. The first kappa shape index (κ1) is 10.4. The number of hydrogen-bond donors (Lipinski definition) is 2. The maximum absolute atomic E-state index is 10.3. The second kappa shape index (κ2) is 4.50. The van der Waals surface area contributed by atoms with Gasteiger partial charge < -0.3 is 20.3 Å². The molecule has 4 heteroatoms. The summed E-state index contributed by atoms with van der Waals surface area (Å²) in [5, 5.41) is 22.5. The minimum Gasteiger partial charge on any atom is -0.550 e. The third-order valence-corrected chi connectivity index (χ3v) is 1.78. The fourth-order valence-corrected chi connectivity index (χ4v) is 1.16. The molecule has 0 amide bonds. The maximum Gasteiger partial charge on any atom is 0.138 e. The van der Waals surface area contributed by atoms with Crippen molar-refractivity contribution < 1.29 is 15.0 Å². The Morgan fingerprint density at radius 3 is 2.79 bits per heavy atom. The van der Waals surface area contributed by atoms with Gasteiger partial charge in [0.15, 0.2) is 0 Å². The number of carboxylic acid groups (broad SMARTS) is 1. The molecule has 1 rings (SSSR count). The van der Waals surface area contributed by atoms with Crippen molar-refractivity contribution in [3.8, 4) is 5.75 Å². The zero-order valence-electron chi connectivity index (χ0n) is 7.86. The summed E-state index contributed by atoms with van der Waals surface area (Å²) in [7, 11) is 0. The van der Waals surface area contributed by atoms with Gasteiger partial charge >= 0.3 is 0 Å². The summed E-state index contributed by atoms with van der Waals surface area (Å²) in [6.07, 6.45) is -0.0890. The Hall–Kier alpha value is -1.71. The lowest BCUT2D eigenvalue weighted by atomic mass is 10.2. The average Bonchev–Trinajstić information content (AvgIpc) is 2.07. The summed E-state index contributed by atoms with van der Waals surface area (Å²) in [5.74, 6) is -1.00. The molecular weight excluding hydrogens is 182 g/mol. The number of carbonyl (C=O) groups excluding carboxylic acids is 1. The van der Waals surface area contributed by atoms with E-state index in [4.69, 9.17) is 0 Å². The summed E-state index contributed by atoms with van der Waals surface area (Å²) in [6.45, 7) is 1.71. The van der Waals surface area contributed by atoms with Gasteiger partial charge in [-0.2, -0.15) is 0 Å². The number of rotatable bonds is 4. The number of carbonyl (C=O) groups is 1. The molecule has 0 spiro atoms. The lowest BCUT2D eigenvalue weighted by molar-refractivity contribution is -0.305. The molecule has 2 N–H and O–H groups in total. The molecule has 76 valence electrons. The Balaban J connectivity index is 2.60. The van der Waals surface area contributed by atoms with Crippen molar-refractivity contribution in [3.63, 3.8) is 0 Å². The van der Waals surface area contributed by atoms with E-state index < -0.39 is 5.97 Å². The van der Waals surface area contributed by atoms with Gasteiger partial charge in [-0.25, -0.2) is 0 Å². The predicted molar refractivity (Wildman–Crippen MR) is 50.8 cm³/mol. The molecule has 0 heterocycles. The Morgan fingerprint density at radius 1 is 1.57 bits per heavy atom. The molecule has 1 atom stereocenters. The van der Waals surface area contributed by atoms with Crippen LogP contribution in [0.15, 0.2) is 24.3 Å². The van der Waals surface area contributed by atoms with Gasteiger partial charge in [-0.15, -0.1) is 0 Å². The summed E-state index contributed by atoms with van der Waals surface area (Å²) < 4.78 is 0. The first-order valence-corrected chi connectivity index (χ1v) is 4.34. The van der Waals surface area contributed by atoms with E-state index in [2.05, 4.69) is 5.32 Å². The fraction of sp³-hybridized carbons (Fsp3) is 0.300. The number of anilines is 1. The normalized spacial score (nSPS) is 12.1. The monoisotopic (exact) mass is 194 g/mol. The Kier molecular flexibility index (Phi) is 3.34. The van der Waals surface area contributed by atoms with Crippen LogP contribution >= 0.6 is 0 Å². The highest BCUT2D eigenvalue weighted by Crippen LogP contribution is 2.22. The van der Waals surface area contributed by atoms with Gasteiger partial charge in [0, 0.05) is 18.4 Å². The summed E-state index contributed by atoms with van der Waals surface area (Å²) in [5.41, 5.74) is 0.529. The zero-order chi connectivity index (χ0) is 10.6. The van der Waals surface area contributed by atoms with Crippen molar-refractivity contribution in [2.24, 2.45) is 0 Å². The molecule has 1 aromatic carbocycles. The van der Waals surface area contributed by atoms with E-state index >= 15 is 0 Å². The smallest absolute Gasteiger partial charge is 0.138 e. The molecule has 14 heavy (non-hydrogen) atoms. The quantitative estimate of drug-likeness (QED) is 0.677. The van der Waals surface area contributed by atoms with Gasteiger partial charge in [0.1, 0.15) is 5.75 Å². The third-order valence-electron chi connectivity index (χ3n) is 1.78. The molecule has 0 fully saturated rings. The van der Waals surface area contributed by atoms with Gasteiger partial charge in [0.05, 0.1) is 5.69 Å². The second-order valence-electron chi connectivity index (χ2n) is 3.14. The van der Waals surface area contributed by atoms with Gasteiger partial charge in [-0.3, -0.25) is 0 Å². The molecule has 0 saturated heterocycles.